The van der Waals surface area contributed by atoms with Gasteiger partial charge >= 0.3 is 5.97 Å². The van der Waals surface area contributed by atoms with Crippen LogP contribution in [0.3, 0.4) is 0 Å². The van der Waals surface area contributed by atoms with E-state index in [0.717, 1.165) is 30.5 Å². The Hall–Kier alpha value is -1.93. The molecular weight excluding hydrogens is 404 g/mol. The zero-order valence-corrected chi connectivity index (χ0v) is 18.9. The molecule has 166 valence electrons. The summed E-state index contributed by atoms with van der Waals surface area (Å²) < 4.78 is 32.5. The van der Waals surface area contributed by atoms with Crippen molar-refractivity contribution in [2.75, 3.05) is 32.8 Å². The minimum absolute atomic E-state index is 0.148. The molecule has 0 saturated carbocycles. The summed E-state index contributed by atoms with van der Waals surface area (Å²) >= 11 is 0. The van der Waals surface area contributed by atoms with Crippen molar-refractivity contribution in [3.05, 3.63) is 29.3 Å². The number of ether oxygens (including phenoxy) is 1. The Kier molecular flexibility index (Phi) is 7.18. The van der Waals surface area contributed by atoms with Crippen LogP contribution in [0.25, 0.3) is 0 Å². The second kappa shape index (κ2) is 9.47. The smallest absolute Gasteiger partial charge is 0.309 e. The maximum absolute atomic E-state index is 12.9. The molecule has 2 heterocycles. The molecule has 2 saturated heterocycles. The van der Waals surface area contributed by atoms with Crippen molar-refractivity contribution in [2.45, 2.75) is 51.3 Å². The van der Waals surface area contributed by atoms with E-state index in [2.05, 4.69) is 6.92 Å². The van der Waals surface area contributed by atoms with E-state index in [4.69, 9.17) is 4.74 Å². The minimum atomic E-state index is -3.58. The largest absolute Gasteiger partial charge is 0.455 e. The lowest BCUT2D eigenvalue weighted by atomic mass is 9.98. The lowest BCUT2D eigenvalue weighted by Crippen LogP contribution is -2.43. The SMILES string of the molecule is Cc1ccc(S(=O)(=O)N2CCC(C(=O)OCC(=O)N3CCC[C@H](C)C3)CC2)cc1C. The molecular formula is C22H32N2O5S. The van der Waals surface area contributed by atoms with Crippen LogP contribution in [-0.2, 0) is 24.3 Å². The topological polar surface area (TPSA) is 84.0 Å². The number of benzene rings is 1. The molecule has 1 aromatic rings. The maximum atomic E-state index is 12.9. The van der Waals surface area contributed by atoms with E-state index in [0.29, 0.717) is 25.3 Å². The number of rotatable bonds is 5. The summed E-state index contributed by atoms with van der Waals surface area (Å²) in [5.41, 5.74) is 1.98. The fourth-order valence-electron chi connectivity index (χ4n) is 4.11. The molecule has 0 N–H and O–H groups in total. The maximum Gasteiger partial charge on any atom is 0.309 e. The molecule has 3 rings (SSSR count). The molecule has 0 aromatic heterocycles. The third-order valence-corrected chi connectivity index (χ3v) is 8.15. The van der Waals surface area contributed by atoms with Crippen LogP contribution in [0, 0.1) is 25.7 Å². The Morgan fingerprint density at radius 1 is 1.07 bits per heavy atom. The molecule has 0 aliphatic carbocycles. The number of esters is 1. The molecule has 0 spiro atoms. The summed E-state index contributed by atoms with van der Waals surface area (Å²) in [5, 5.41) is 0. The molecule has 7 nitrogen and oxygen atoms in total. The van der Waals surface area contributed by atoms with Crippen molar-refractivity contribution in [3.8, 4) is 0 Å². The molecule has 1 amide bonds. The van der Waals surface area contributed by atoms with Crippen molar-refractivity contribution in [3.63, 3.8) is 0 Å². The Bertz CT molecular complexity index is 891. The molecule has 2 aliphatic rings. The average Bonchev–Trinajstić information content (AvgIpc) is 2.73. The van der Waals surface area contributed by atoms with E-state index < -0.39 is 16.0 Å². The first-order chi connectivity index (χ1) is 14.2. The number of carbonyl (C=O) groups is 2. The second-order valence-corrected chi connectivity index (χ2v) is 10.6. The van der Waals surface area contributed by atoms with Crippen LogP contribution >= 0.6 is 0 Å². The lowest BCUT2D eigenvalue weighted by Gasteiger charge is -2.32. The number of nitrogens with zero attached hydrogens (tertiary/aromatic N) is 2. The molecule has 0 radical (unpaired) electrons. The highest BCUT2D eigenvalue weighted by Gasteiger charge is 2.33. The van der Waals surface area contributed by atoms with Gasteiger partial charge in [0.1, 0.15) is 0 Å². The number of sulfonamides is 1. The van der Waals surface area contributed by atoms with E-state index in [1.54, 1.807) is 17.0 Å². The highest BCUT2D eigenvalue weighted by atomic mass is 32.2. The van der Waals surface area contributed by atoms with Gasteiger partial charge in [0, 0.05) is 26.2 Å². The molecule has 30 heavy (non-hydrogen) atoms. The lowest BCUT2D eigenvalue weighted by molar-refractivity contribution is -0.157. The summed E-state index contributed by atoms with van der Waals surface area (Å²) in [7, 11) is -3.58. The Morgan fingerprint density at radius 3 is 2.40 bits per heavy atom. The highest BCUT2D eigenvalue weighted by Crippen LogP contribution is 2.26. The summed E-state index contributed by atoms with van der Waals surface area (Å²) in [6.07, 6.45) is 2.90. The Labute approximate surface area is 179 Å². The van der Waals surface area contributed by atoms with Crippen LogP contribution in [0.15, 0.2) is 23.1 Å². The monoisotopic (exact) mass is 436 g/mol. The summed E-state index contributed by atoms with van der Waals surface area (Å²) in [4.78, 5) is 26.7. The molecule has 1 atom stereocenters. The van der Waals surface area contributed by atoms with Crippen LogP contribution < -0.4 is 0 Å². The zero-order valence-electron chi connectivity index (χ0n) is 18.1. The minimum Gasteiger partial charge on any atom is -0.455 e. The quantitative estimate of drug-likeness (QED) is 0.662. The van der Waals surface area contributed by atoms with Gasteiger partial charge in [0.2, 0.25) is 10.0 Å². The van der Waals surface area contributed by atoms with Gasteiger partial charge in [-0.2, -0.15) is 4.31 Å². The number of aryl methyl sites for hydroxylation is 2. The molecule has 2 fully saturated rings. The molecule has 2 aliphatic heterocycles. The zero-order chi connectivity index (χ0) is 21.9. The van der Waals surface area contributed by atoms with Crippen LogP contribution in [0.2, 0.25) is 0 Å². The number of likely N-dealkylation sites (tertiary alicyclic amines) is 1. The van der Waals surface area contributed by atoms with Crippen LogP contribution in [0.1, 0.15) is 43.7 Å². The van der Waals surface area contributed by atoms with Crippen molar-refractivity contribution < 1.29 is 22.7 Å². The number of hydrogen-bond donors (Lipinski definition) is 0. The van der Waals surface area contributed by atoms with Crippen molar-refractivity contribution in [2.24, 2.45) is 11.8 Å². The second-order valence-electron chi connectivity index (χ2n) is 8.62. The number of piperidine rings is 2. The summed E-state index contributed by atoms with van der Waals surface area (Å²) in [6, 6.07) is 5.13. The first-order valence-corrected chi connectivity index (χ1v) is 12.1. The summed E-state index contributed by atoms with van der Waals surface area (Å²) in [6.45, 7) is 7.69. The van der Waals surface area contributed by atoms with Crippen molar-refractivity contribution in [1.82, 2.24) is 9.21 Å². The van der Waals surface area contributed by atoms with E-state index in [-0.39, 0.29) is 36.4 Å². The predicted molar refractivity (Wildman–Crippen MR) is 113 cm³/mol. The molecule has 8 heteroatoms. The van der Waals surface area contributed by atoms with E-state index in [1.165, 1.54) is 4.31 Å². The Balaban J connectivity index is 1.50. The van der Waals surface area contributed by atoms with Gasteiger partial charge in [-0.3, -0.25) is 9.59 Å². The van der Waals surface area contributed by atoms with Gasteiger partial charge in [-0.15, -0.1) is 0 Å². The van der Waals surface area contributed by atoms with Gasteiger partial charge in [0.05, 0.1) is 10.8 Å². The van der Waals surface area contributed by atoms with Crippen molar-refractivity contribution >= 4 is 21.9 Å². The standard InChI is InChI=1S/C22H32N2O5S/c1-16-5-4-10-23(14-16)21(25)15-29-22(26)19-8-11-24(12-9-19)30(27,28)20-7-6-17(2)18(3)13-20/h6-7,13,16,19H,4-5,8-12,14-15H2,1-3H3/t16-/m0/s1. The molecule has 0 bridgehead atoms. The van der Waals surface area contributed by atoms with Gasteiger partial charge < -0.3 is 9.64 Å². The number of amides is 1. The fraction of sp³-hybridized carbons (Fsp3) is 0.636. The van der Waals surface area contributed by atoms with Gasteiger partial charge in [-0.1, -0.05) is 13.0 Å². The average molecular weight is 437 g/mol. The molecule has 1 aromatic carbocycles. The van der Waals surface area contributed by atoms with E-state index in [9.17, 15) is 18.0 Å². The van der Waals surface area contributed by atoms with Gasteiger partial charge in [-0.25, -0.2) is 8.42 Å². The third kappa shape index (κ3) is 5.21. The van der Waals surface area contributed by atoms with Crippen molar-refractivity contribution in [1.29, 1.82) is 0 Å². The van der Waals surface area contributed by atoms with E-state index in [1.807, 2.05) is 19.9 Å². The molecule has 0 unspecified atom stereocenters. The number of carbonyl (C=O) groups excluding carboxylic acids is 2. The van der Waals surface area contributed by atoms with Gasteiger partial charge in [0.15, 0.2) is 6.61 Å². The Morgan fingerprint density at radius 2 is 1.77 bits per heavy atom. The normalized spacial score (nSPS) is 21.4. The van der Waals surface area contributed by atoms with Crippen LogP contribution in [0.4, 0.5) is 0 Å². The first kappa shape index (κ1) is 22.7. The first-order valence-electron chi connectivity index (χ1n) is 10.7. The van der Waals surface area contributed by atoms with Crippen LogP contribution in [-0.4, -0.2) is 62.3 Å². The van der Waals surface area contributed by atoms with E-state index >= 15 is 0 Å². The summed E-state index contributed by atoms with van der Waals surface area (Å²) in [5.74, 6) is -0.451. The van der Waals surface area contributed by atoms with Gasteiger partial charge in [0.25, 0.3) is 5.91 Å². The number of hydrogen-bond acceptors (Lipinski definition) is 5. The van der Waals surface area contributed by atoms with Crippen LogP contribution in [0.5, 0.6) is 0 Å². The third-order valence-electron chi connectivity index (χ3n) is 6.25. The van der Waals surface area contributed by atoms with Gasteiger partial charge in [-0.05, 0) is 68.7 Å². The highest BCUT2D eigenvalue weighted by molar-refractivity contribution is 7.89. The fourth-order valence-corrected chi connectivity index (χ4v) is 5.67. The predicted octanol–water partition coefficient (Wildman–Crippen LogP) is 2.51.